The summed E-state index contributed by atoms with van der Waals surface area (Å²) in [6.45, 7) is 4.92. The molecule has 8 atom stereocenters. The summed E-state index contributed by atoms with van der Waals surface area (Å²) in [5.41, 5.74) is 5.69. The zero-order valence-corrected chi connectivity index (χ0v) is 21.3. The molecule has 0 aromatic carbocycles. The first-order chi connectivity index (χ1) is 15.8. The Morgan fingerprint density at radius 3 is 2.33 bits per heavy atom. The maximum atomic E-state index is 12.4. The standard InChI is InChI=1S/C29H49NO3/c1-28-16-14-22(31)19-21(28)18-20(10-8-6-4-3-5-7-9-11-26(30)33)27-23-12-13-25(32)29(23,2)17-15-24(27)28/h20-21,23-25,27,32H,3-19H2,1-2H3,(H2,30,33)/t20-,21+,23+,24+,25+,27+,28+,29+/m1/s1. The minimum atomic E-state index is -0.176. The minimum Gasteiger partial charge on any atom is -0.393 e. The summed E-state index contributed by atoms with van der Waals surface area (Å²) >= 11 is 0. The van der Waals surface area contributed by atoms with Crippen LogP contribution in [0.1, 0.15) is 123 Å². The molecule has 188 valence electrons. The lowest BCUT2D eigenvalue weighted by Crippen LogP contribution is -2.57. The first-order valence-electron chi connectivity index (χ1n) is 14.2. The van der Waals surface area contributed by atoms with Crippen LogP contribution in [0.5, 0.6) is 0 Å². The molecule has 4 aliphatic carbocycles. The van der Waals surface area contributed by atoms with Gasteiger partial charge in [0, 0.05) is 19.3 Å². The number of hydrogen-bond acceptors (Lipinski definition) is 3. The van der Waals surface area contributed by atoms with Crippen LogP contribution in [0.15, 0.2) is 0 Å². The molecule has 3 N–H and O–H groups in total. The summed E-state index contributed by atoms with van der Waals surface area (Å²) in [6, 6.07) is 0. The maximum absolute atomic E-state index is 12.4. The lowest BCUT2D eigenvalue weighted by molar-refractivity contribution is -0.156. The molecule has 0 radical (unpaired) electrons. The van der Waals surface area contributed by atoms with E-state index in [-0.39, 0.29) is 17.4 Å². The van der Waals surface area contributed by atoms with E-state index in [0.29, 0.717) is 29.5 Å². The van der Waals surface area contributed by atoms with Crippen LogP contribution in [0, 0.1) is 40.4 Å². The molecule has 0 aliphatic heterocycles. The fourth-order valence-electron chi connectivity index (χ4n) is 9.08. The van der Waals surface area contributed by atoms with Gasteiger partial charge in [-0.25, -0.2) is 0 Å². The summed E-state index contributed by atoms with van der Waals surface area (Å²) in [6.07, 6.45) is 18.8. The molecule has 1 amide bonds. The van der Waals surface area contributed by atoms with Gasteiger partial charge in [-0.1, -0.05) is 58.8 Å². The van der Waals surface area contributed by atoms with Crippen LogP contribution >= 0.6 is 0 Å². The smallest absolute Gasteiger partial charge is 0.217 e. The second-order valence-corrected chi connectivity index (χ2v) is 12.8. The molecule has 4 aliphatic rings. The van der Waals surface area contributed by atoms with Crippen molar-refractivity contribution in [3.8, 4) is 0 Å². The highest BCUT2D eigenvalue weighted by molar-refractivity contribution is 5.79. The van der Waals surface area contributed by atoms with E-state index in [0.717, 1.165) is 56.3 Å². The van der Waals surface area contributed by atoms with Gasteiger partial charge >= 0.3 is 0 Å². The number of nitrogens with two attached hydrogens (primary N) is 1. The molecule has 4 heteroatoms. The van der Waals surface area contributed by atoms with Crippen molar-refractivity contribution in [1.82, 2.24) is 0 Å². The second kappa shape index (κ2) is 10.4. The number of fused-ring (bicyclic) bond motifs is 5. The lowest BCUT2D eigenvalue weighted by Gasteiger charge is -2.62. The van der Waals surface area contributed by atoms with Gasteiger partial charge in [-0.05, 0) is 85.4 Å². The van der Waals surface area contributed by atoms with Gasteiger partial charge in [0.25, 0.3) is 0 Å². The van der Waals surface area contributed by atoms with Crippen molar-refractivity contribution in [3.05, 3.63) is 0 Å². The second-order valence-electron chi connectivity index (χ2n) is 12.8. The number of Topliss-reactive ketones (excluding diaryl/α,β-unsaturated/α-hetero) is 1. The number of unbranched alkanes of at least 4 members (excludes halogenated alkanes) is 6. The van der Waals surface area contributed by atoms with E-state index in [4.69, 9.17) is 5.73 Å². The van der Waals surface area contributed by atoms with Crippen LogP contribution in [-0.4, -0.2) is 22.9 Å². The topological polar surface area (TPSA) is 80.4 Å². The molecule has 0 aromatic rings. The zero-order chi connectivity index (χ0) is 23.6. The molecular formula is C29H49NO3. The average molecular weight is 460 g/mol. The summed E-state index contributed by atoms with van der Waals surface area (Å²) in [5, 5.41) is 10.9. The third-order valence-electron chi connectivity index (χ3n) is 11.1. The Bertz CT molecular complexity index is 707. The van der Waals surface area contributed by atoms with Crippen molar-refractivity contribution in [2.45, 2.75) is 129 Å². The molecule has 4 nitrogen and oxygen atoms in total. The molecule has 0 saturated heterocycles. The van der Waals surface area contributed by atoms with Gasteiger partial charge in [0.2, 0.25) is 5.91 Å². The molecule has 33 heavy (non-hydrogen) atoms. The number of aliphatic hydroxyl groups is 1. The largest absolute Gasteiger partial charge is 0.393 e. The van der Waals surface area contributed by atoms with Crippen molar-refractivity contribution < 1.29 is 14.7 Å². The highest BCUT2D eigenvalue weighted by atomic mass is 16.3. The molecule has 0 heterocycles. The van der Waals surface area contributed by atoms with Gasteiger partial charge in [0.15, 0.2) is 0 Å². The van der Waals surface area contributed by atoms with E-state index >= 15 is 0 Å². The number of carbonyl (C=O) groups excluding carboxylic acids is 2. The van der Waals surface area contributed by atoms with Gasteiger partial charge in [0.1, 0.15) is 5.78 Å². The Hall–Kier alpha value is -0.900. The zero-order valence-electron chi connectivity index (χ0n) is 21.3. The highest BCUT2D eigenvalue weighted by Gasteiger charge is 2.62. The number of aliphatic hydroxyl groups excluding tert-OH is 1. The van der Waals surface area contributed by atoms with Crippen LogP contribution in [-0.2, 0) is 9.59 Å². The van der Waals surface area contributed by atoms with Crippen LogP contribution < -0.4 is 5.73 Å². The highest BCUT2D eigenvalue weighted by Crippen LogP contribution is 2.67. The first kappa shape index (κ1) is 25.2. The molecule has 4 saturated carbocycles. The van der Waals surface area contributed by atoms with Gasteiger partial charge < -0.3 is 10.8 Å². The maximum Gasteiger partial charge on any atom is 0.217 e. The average Bonchev–Trinajstić information content (AvgIpc) is 3.07. The predicted molar refractivity (Wildman–Crippen MR) is 132 cm³/mol. The van der Waals surface area contributed by atoms with Crippen LogP contribution in [0.25, 0.3) is 0 Å². The van der Waals surface area contributed by atoms with Crippen LogP contribution in [0.4, 0.5) is 0 Å². The van der Waals surface area contributed by atoms with Crippen molar-refractivity contribution in [3.63, 3.8) is 0 Å². The fourth-order valence-corrected chi connectivity index (χ4v) is 9.08. The normalized spacial score (nSPS) is 42.5. The third-order valence-corrected chi connectivity index (χ3v) is 11.1. The van der Waals surface area contributed by atoms with Crippen molar-refractivity contribution in [1.29, 1.82) is 0 Å². The summed E-state index contributed by atoms with van der Waals surface area (Å²) in [5.74, 6) is 3.84. The Balaban J connectivity index is 1.35. The van der Waals surface area contributed by atoms with Gasteiger partial charge in [-0.3, -0.25) is 9.59 Å². The van der Waals surface area contributed by atoms with Gasteiger partial charge in [0.05, 0.1) is 6.10 Å². The summed E-state index contributed by atoms with van der Waals surface area (Å²) in [7, 11) is 0. The number of rotatable bonds is 10. The number of primary amides is 1. The van der Waals surface area contributed by atoms with E-state index < -0.39 is 0 Å². The SMILES string of the molecule is C[C@]12CCC(=O)C[C@@H]1C[C@@H](CCCCCCCCCC(N)=O)[C@@H]1[C@@H]2CC[C@]2(C)[C@@H](O)CC[C@@H]12. The number of hydrogen-bond donors (Lipinski definition) is 2. The first-order valence-corrected chi connectivity index (χ1v) is 14.2. The Kier molecular flexibility index (Phi) is 7.93. The summed E-state index contributed by atoms with van der Waals surface area (Å²) in [4.78, 5) is 23.2. The van der Waals surface area contributed by atoms with Crippen LogP contribution in [0.2, 0.25) is 0 Å². The van der Waals surface area contributed by atoms with Crippen LogP contribution in [0.3, 0.4) is 0 Å². The van der Waals surface area contributed by atoms with Gasteiger partial charge in [-0.15, -0.1) is 0 Å². The van der Waals surface area contributed by atoms with E-state index in [9.17, 15) is 14.7 Å². The fraction of sp³-hybridized carbons (Fsp3) is 0.931. The Morgan fingerprint density at radius 1 is 0.939 bits per heavy atom. The molecule has 0 aromatic heterocycles. The van der Waals surface area contributed by atoms with Crippen molar-refractivity contribution >= 4 is 11.7 Å². The lowest BCUT2D eigenvalue weighted by atomic mass is 9.42. The molecule has 0 bridgehead atoms. The Morgan fingerprint density at radius 2 is 1.61 bits per heavy atom. The van der Waals surface area contributed by atoms with E-state index in [1.165, 1.54) is 64.2 Å². The number of ketones is 1. The molecule has 4 fully saturated rings. The number of carbonyl (C=O) groups is 2. The quantitative estimate of drug-likeness (QED) is 0.383. The van der Waals surface area contributed by atoms with E-state index in [2.05, 4.69) is 13.8 Å². The predicted octanol–water partition coefficient (Wildman–Crippen LogP) is 6.18. The monoisotopic (exact) mass is 459 g/mol. The molecule has 0 spiro atoms. The Labute approximate surface area is 201 Å². The van der Waals surface area contributed by atoms with Crippen molar-refractivity contribution in [2.75, 3.05) is 0 Å². The summed E-state index contributed by atoms with van der Waals surface area (Å²) < 4.78 is 0. The van der Waals surface area contributed by atoms with E-state index in [1.807, 2.05) is 0 Å². The minimum absolute atomic E-state index is 0.114. The number of amides is 1. The molecular weight excluding hydrogens is 410 g/mol. The molecule has 0 unspecified atom stereocenters. The molecule has 4 rings (SSSR count). The third kappa shape index (κ3) is 5.07. The van der Waals surface area contributed by atoms with Crippen molar-refractivity contribution in [2.24, 2.45) is 46.2 Å². The van der Waals surface area contributed by atoms with Gasteiger partial charge in [-0.2, -0.15) is 0 Å². The van der Waals surface area contributed by atoms with E-state index in [1.54, 1.807) is 0 Å².